The van der Waals surface area contributed by atoms with Crippen LogP contribution in [0.25, 0.3) is 0 Å². The zero-order valence-corrected chi connectivity index (χ0v) is 7.82. The second kappa shape index (κ2) is 3.33. The van der Waals surface area contributed by atoms with Crippen molar-refractivity contribution in [2.24, 2.45) is 5.84 Å². The number of nitrogens with zero attached hydrogens (tertiary/aromatic N) is 1. The smallest absolute Gasteiger partial charge is 0.259 e. The fourth-order valence-corrected chi connectivity index (χ4v) is 1.72. The fraction of sp³-hybridized carbons (Fsp3) is 0.143. The number of hydrogen-bond donors (Lipinski definition) is 2. The zero-order valence-electron chi connectivity index (χ0n) is 7.01. The largest absolute Gasteiger partial charge is 0.507 e. The van der Waals surface area contributed by atoms with Crippen LogP contribution in [0.1, 0.15) is 0 Å². The number of para-hydroxylation sites is 1. The van der Waals surface area contributed by atoms with E-state index in [2.05, 4.69) is 0 Å². The quantitative estimate of drug-likeness (QED) is 0.517. The van der Waals surface area contributed by atoms with Crippen LogP contribution in [0.5, 0.6) is 5.75 Å². The van der Waals surface area contributed by atoms with Gasteiger partial charge in [0.2, 0.25) is 0 Å². The van der Waals surface area contributed by atoms with E-state index in [-0.39, 0.29) is 10.6 Å². The van der Waals surface area contributed by atoms with Crippen molar-refractivity contribution >= 4 is 10.0 Å². The maximum atomic E-state index is 11.4. The van der Waals surface area contributed by atoms with Crippen LogP contribution in [-0.2, 0) is 10.0 Å². The van der Waals surface area contributed by atoms with E-state index in [9.17, 15) is 13.5 Å². The van der Waals surface area contributed by atoms with E-state index in [1.807, 2.05) is 0 Å². The molecule has 13 heavy (non-hydrogen) atoms. The Labute approximate surface area is 76.4 Å². The van der Waals surface area contributed by atoms with Crippen molar-refractivity contribution in [2.75, 3.05) is 7.05 Å². The molecule has 0 saturated carbocycles. The highest BCUT2D eigenvalue weighted by Crippen LogP contribution is 2.22. The molecule has 1 rings (SSSR count). The predicted molar refractivity (Wildman–Crippen MR) is 47.2 cm³/mol. The maximum Gasteiger partial charge on any atom is 0.259 e. The van der Waals surface area contributed by atoms with E-state index in [0.717, 1.165) is 0 Å². The van der Waals surface area contributed by atoms with Gasteiger partial charge in [-0.3, -0.25) is 5.84 Å². The van der Waals surface area contributed by atoms with Gasteiger partial charge in [-0.25, -0.2) is 8.42 Å². The standard InChI is InChI=1S/C7H10N2O3S/c1-9(8)13(11,12)7-5-3-2-4-6(7)10/h2-5,10H,8H2,1H3. The van der Waals surface area contributed by atoms with Gasteiger partial charge in [0.05, 0.1) is 0 Å². The van der Waals surface area contributed by atoms with Crippen molar-refractivity contribution in [3.05, 3.63) is 24.3 Å². The van der Waals surface area contributed by atoms with Gasteiger partial charge in [-0.1, -0.05) is 12.1 Å². The predicted octanol–water partition coefficient (Wildman–Crippen LogP) is -0.114. The number of rotatable bonds is 2. The third-order valence-corrected chi connectivity index (χ3v) is 3.18. The molecule has 0 bridgehead atoms. The van der Waals surface area contributed by atoms with Crippen LogP contribution in [0.2, 0.25) is 0 Å². The molecule has 1 aromatic carbocycles. The topological polar surface area (TPSA) is 83.6 Å². The number of aromatic hydroxyl groups is 1. The number of phenols is 1. The first kappa shape index (κ1) is 9.97. The minimum absolute atomic E-state index is 0.194. The van der Waals surface area contributed by atoms with Crippen LogP contribution in [0.15, 0.2) is 29.2 Å². The van der Waals surface area contributed by atoms with E-state index < -0.39 is 10.0 Å². The highest BCUT2D eigenvalue weighted by atomic mass is 32.2. The Morgan fingerprint density at radius 1 is 1.38 bits per heavy atom. The highest BCUT2D eigenvalue weighted by molar-refractivity contribution is 7.89. The van der Waals surface area contributed by atoms with E-state index in [1.54, 1.807) is 0 Å². The van der Waals surface area contributed by atoms with E-state index in [0.29, 0.717) is 4.41 Å². The summed E-state index contributed by atoms with van der Waals surface area (Å²) in [6, 6.07) is 5.62. The Bertz CT molecular complexity index is 400. The molecule has 0 radical (unpaired) electrons. The van der Waals surface area contributed by atoms with Crippen LogP contribution in [0.3, 0.4) is 0 Å². The lowest BCUT2D eigenvalue weighted by Crippen LogP contribution is -2.33. The molecule has 0 heterocycles. The van der Waals surface area contributed by atoms with Gasteiger partial charge in [0.25, 0.3) is 10.0 Å². The molecule has 5 nitrogen and oxygen atoms in total. The first-order chi connectivity index (χ1) is 5.96. The molecule has 0 amide bonds. The van der Waals surface area contributed by atoms with Gasteiger partial charge in [0.1, 0.15) is 10.6 Å². The van der Waals surface area contributed by atoms with Crippen molar-refractivity contribution in [3.8, 4) is 5.75 Å². The van der Waals surface area contributed by atoms with E-state index in [1.165, 1.54) is 31.3 Å². The van der Waals surface area contributed by atoms with Crippen molar-refractivity contribution < 1.29 is 13.5 Å². The number of sulfonamides is 1. The summed E-state index contributed by atoms with van der Waals surface area (Å²) < 4.78 is 23.3. The minimum atomic E-state index is -3.75. The molecule has 0 atom stereocenters. The number of nitrogens with two attached hydrogens (primary N) is 1. The van der Waals surface area contributed by atoms with Crippen molar-refractivity contribution in [3.63, 3.8) is 0 Å². The molecule has 72 valence electrons. The maximum absolute atomic E-state index is 11.4. The van der Waals surface area contributed by atoms with Crippen LogP contribution in [0.4, 0.5) is 0 Å². The van der Waals surface area contributed by atoms with Crippen LogP contribution >= 0.6 is 0 Å². The molecule has 1 aromatic rings. The second-order valence-corrected chi connectivity index (χ2v) is 4.45. The molecule has 0 aliphatic rings. The summed E-state index contributed by atoms with van der Waals surface area (Å²) in [6.07, 6.45) is 0. The van der Waals surface area contributed by atoms with Crippen molar-refractivity contribution in [1.82, 2.24) is 4.41 Å². The lowest BCUT2D eigenvalue weighted by Gasteiger charge is -2.11. The Balaban J connectivity index is 3.32. The Morgan fingerprint density at radius 2 is 1.92 bits per heavy atom. The lowest BCUT2D eigenvalue weighted by molar-refractivity contribution is 0.446. The summed E-state index contributed by atoms with van der Waals surface area (Å²) in [6.45, 7) is 0. The molecule has 0 fully saturated rings. The SMILES string of the molecule is CN(N)S(=O)(=O)c1ccccc1O. The third-order valence-electron chi connectivity index (χ3n) is 1.52. The van der Waals surface area contributed by atoms with Crippen molar-refractivity contribution in [1.29, 1.82) is 0 Å². The first-order valence-corrected chi connectivity index (χ1v) is 4.92. The molecular weight excluding hydrogens is 192 g/mol. The van der Waals surface area contributed by atoms with Gasteiger partial charge in [-0.05, 0) is 12.1 Å². The number of phenolic OH excluding ortho intramolecular Hbond substituents is 1. The molecule has 0 saturated heterocycles. The lowest BCUT2D eigenvalue weighted by atomic mass is 10.3. The van der Waals surface area contributed by atoms with Crippen molar-refractivity contribution in [2.45, 2.75) is 4.90 Å². The molecule has 0 aliphatic carbocycles. The molecule has 0 unspecified atom stereocenters. The Kier molecular flexibility index (Phi) is 2.55. The summed E-state index contributed by atoms with van der Waals surface area (Å²) in [7, 11) is -2.55. The summed E-state index contributed by atoms with van der Waals surface area (Å²) >= 11 is 0. The number of benzene rings is 1. The monoisotopic (exact) mass is 202 g/mol. The zero-order chi connectivity index (χ0) is 10.1. The Morgan fingerprint density at radius 3 is 2.38 bits per heavy atom. The van der Waals surface area contributed by atoms with Gasteiger partial charge in [0.15, 0.2) is 0 Å². The van der Waals surface area contributed by atoms with Crippen LogP contribution in [0, 0.1) is 0 Å². The van der Waals surface area contributed by atoms with E-state index in [4.69, 9.17) is 5.84 Å². The summed E-state index contributed by atoms with van der Waals surface area (Å²) in [5.74, 6) is 4.80. The molecule has 3 N–H and O–H groups in total. The van der Waals surface area contributed by atoms with E-state index >= 15 is 0 Å². The van der Waals surface area contributed by atoms with Crippen LogP contribution < -0.4 is 5.84 Å². The summed E-state index contributed by atoms with van der Waals surface area (Å²) in [5, 5.41) is 9.23. The highest BCUT2D eigenvalue weighted by Gasteiger charge is 2.20. The average Bonchev–Trinajstić information content (AvgIpc) is 2.04. The second-order valence-electron chi connectivity index (χ2n) is 2.49. The minimum Gasteiger partial charge on any atom is -0.507 e. The van der Waals surface area contributed by atoms with Gasteiger partial charge < -0.3 is 5.11 Å². The molecule has 0 spiro atoms. The molecule has 0 aromatic heterocycles. The summed E-state index contributed by atoms with van der Waals surface area (Å²) in [5.41, 5.74) is 0. The van der Waals surface area contributed by atoms with Gasteiger partial charge in [-0.2, -0.15) is 0 Å². The normalized spacial score (nSPS) is 11.9. The number of hydrogen-bond acceptors (Lipinski definition) is 4. The Hall–Kier alpha value is -1.11. The molecule has 0 aliphatic heterocycles. The summed E-state index contributed by atoms with van der Waals surface area (Å²) in [4.78, 5) is -0.194. The third kappa shape index (κ3) is 1.80. The molecule has 6 heteroatoms. The molecular formula is C7H10N2O3S. The average molecular weight is 202 g/mol. The fourth-order valence-electron chi connectivity index (χ4n) is 0.830. The van der Waals surface area contributed by atoms with Gasteiger partial charge >= 0.3 is 0 Å². The van der Waals surface area contributed by atoms with Gasteiger partial charge in [-0.15, -0.1) is 4.41 Å². The first-order valence-electron chi connectivity index (χ1n) is 3.48. The van der Waals surface area contributed by atoms with Gasteiger partial charge in [0, 0.05) is 7.05 Å². The number of hydrazine groups is 1. The van der Waals surface area contributed by atoms with Crippen LogP contribution in [-0.4, -0.2) is 25.0 Å².